The average molecular weight is 352 g/mol. The Balaban J connectivity index is 1.36. The van der Waals surface area contributed by atoms with E-state index in [9.17, 15) is 4.79 Å². The van der Waals surface area contributed by atoms with E-state index in [0.29, 0.717) is 35.7 Å². The summed E-state index contributed by atoms with van der Waals surface area (Å²) in [5.74, 6) is 2.30. The minimum absolute atomic E-state index is 0.217. The molecule has 0 radical (unpaired) electrons. The van der Waals surface area contributed by atoms with Gasteiger partial charge in [-0.1, -0.05) is 17.3 Å². The normalized spacial score (nSPS) is 18.4. The maximum absolute atomic E-state index is 12.3. The van der Waals surface area contributed by atoms with E-state index in [-0.39, 0.29) is 17.7 Å². The summed E-state index contributed by atoms with van der Waals surface area (Å²) in [6.45, 7) is 2.09. The zero-order chi connectivity index (χ0) is 17.7. The lowest BCUT2D eigenvalue weighted by Gasteiger charge is -2.10. The van der Waals surface area contributed by atoms with Crippen LogP contribution in [0.5, 0.6) is 5.75 Å². The van der Waals surface area contributed by atoms with Crippen LogP contribution in [-0.4, -0.2) is 27.6 Å². The van der Waals surface area contributed by atoms with E-state index in [1.165, 1.54) is 6.39 Å². The first-order valence-corrected chi connectivity index (χ1v) is 8.50. The first kappa shape index (κ1) is 15.1. The largest absolute Gasteiger partial charge is 0.491 e. The number of rotatable bonds is 4. The minimum atomic E-state index is -0.308. The summed E-state index contributed by atoms with van der Waals surface area (Å²) >= 11 is 0. The number of fused-ring (bicyclic) bond motifs is 1. The van der Waals surface area contributed by atoms with Crippen LogP contribution in [-0.2, 0) is 0 Å². The molecule has 2 aromatic heterocycles. The number of nitrogens with one attached hydrogen (secondary N) is 1. The molecule has 3 aromatic rings. The monoisotopic (exact) mass is 352 g/mol. The van der Waals surface area contributed by atoms with Gasteiger partial charge in [0, 0.05) is 17.0 Å². The number of ether oxygens (including phenoxy) is 1. The smallest absolute Gasteiger partial charge is 0.289 e. The molecule has 0 spiro atoms. The lowest BCUT2D eigenvalue weighted by atomic mass is 10.1. The molecular formula is C18H16N4O4. The van der Waals surface area contributed by atoms with E-state index in [2.05, 4.69) is 20.4 Å². The van der Waals surface area contributed by atoms with Crippen molar-refractivity contribution in [3.8, 4) is 17.1 Å². The van der Waals surface area contributed by atoms with E-state index in [0.717, 1.165) is 24.0 Å². The summed E-state index contributed by atoms with van der Waals surface area (Å²) in [6.07, 6.45) is 3.48. The van der Waals surface area contributed by atoms with Crippen molar-refractivity contribution in [2.75, 3.05) is 6.61 Å². The summed E-state index contributed by atoms with van der Waals surface area (Å²) in [7, 11) is 0. The van der Waals surface area contributed by atoms with Crippen molar-refractivity contribution in [2.24, 2.45) is 0 Å². The fraction of sp³-hybridized carbons (Fsp3) is 0.333. The van der Waals surface area contributed by atoms with Crippen LogP contribution >= 0.6 is 0 Å². The van der Waals surface area contributed by atoms with Crippen molar-refractivity contribution in [1.29, 1.82) is 0 Å². The molecule has 1 N–H and O–H groups in total. The van der Waals surface area contributed by atoms with Crippen molar-refractivity contribution in [3.63, 3.8) is 0 Å². The molecule has 1 aliphatic carbocycles. The molecule has 1 saturated carbocycles. The maximum Gasteiger partial charge on any atom is 0.289 e. The number of amides is 1. The highest BCUT2D eigenvalue weighted by Gasteiger charge is 2.31. The third-order valence-corrected chi connectivity index (χ3v) is 4.68. The summed E-state index contributed by atoms with van der Waals surface area (Å²) < 4.78 is 16.2. The maximum atomic E-state index is 12.3. The molecule has 8 nitrogen and oxygen atoms in total. The molecule has 0 unspecified atom stereocenters. The third-order valence-electron chi connectivity index (χ3n) is 4.68. The Morgan fingerprint density at radius 2 is 2.19 bits per heavy atom. The molecule has 2 aliphatic rings. The predicted molar refractivity (Wildman–Crippen MR) is 88.7 cm³/mol. The van der Waals surface area contributed by atoms with Gasteiger partial charge in [-0.25, -0.2) is 4.98 Å². The van der Waals surface area contributed by atoms with Crippen LogP contribution in [0.2, 0.25) is 0 Å². The fourth-order valence-corrected chi connectivity index (χ4v) is 3.06. The number of aromatic nitrogens is 3. The number of aryl methyl sites for hydroxylation is 1. The molecule has 1 fully saturated rings. The Bertz CT molecular complexity index is 989. The first-order valence-electron chi connectivity index (χ1n) is 8.50. The highest BCUT2D eigenvalue weighted by molar-refractivity contribution is 5.92. The number of oxazole rings is 1. The van der Waals surface area contributed by atoms with E-state index < -0.39 is 0 Å². The average Bonchev–Trinajstić information content (AvgIpc) is 3.05. The van der Waals surface area contributed by atoms with Gasteiger partial charge in [-0.2, -0.15) is 4.98 Å². The second-order valence-corrected chi connectivity index (χ2v) is 6.59. The molecule has 3 heterocycles. The molecule has 26 heavy (non-hydrogen) atoms. The molecule has 1 amide bonds. The molecule has 0 bridgehead atoms. The van der Waals surface area contributed by atoms with Gasteiger partial charge in [-0.3, -0.25) is 4.79 Å². The molecule has 1 aliphatic heterocycles. The van der Waals surface area contributed by atoms with E-state index in [1.54, 1.807) is 6.92 Å². The van der Waals surface area contributed by atoms with Gasteiger partial charge in [0.1, 0.15) is 12.4 Å². The summed E-state index contributed by atoms with van der Waals surface area (Å²) in [6, 6.07) is 5.46. The lowest BCUT2D eigenvalue weighted by molar-refractivity contribution is 0.0901. The highest BCUT2D eigenvalue weighted by Crippen LogP contribution is 2.40. The summed E-state index contributed by atoms with van der Waals surface area (Å²) in [5, 5.41) is 6.97. The van der Waals surface area contributed by atoms with E-state index in [1.807, 2.05) is 18.2 Å². The lowest BCUT2D eigenvalue weighted by Crippen LogP contribution is -2.29. The van der Waals surface area contributed by atoms with Crippen molar-refractivity contribution >= 4 is 5.91 Å². The number of carbonyl (C=O) groups is 1. The molecule has 132 valence electrons. The van der Waals surface area contributed by atoms with Crippen LogP contribution in [0.15, 0.2) is 33.5 Å². The van der Waals surface area contributed by atoms with Gasteiger partial charge in [0.2, 0.25) is 17.5 Å². The van der Waals surface area contributed by atoms with Crippen LogP contribution in [0.4, 0.5) is 0 Å². The minimum Gasteiger partial charge on any atom is -0.491 e. The number of hydrogen-bond acceptors (Lipinski definition) is 7. The highest BCUT2D eigenvalue weighted by atomic mass is 16.5. The molecule has 1 aromatic carbocycles. The first-order chi connectivity index (χ1) is 12.7. The standard InChI is InChI=1S/C18H16N4O4/c1-9-15(25-8-19-9)17(23)20-13-7-24-14-6-11(4-5-12(13)14)16-21-18(26-22-16)10-2-3-10/h4-6,8,10,13H,2-3,7H2,1H3,(H,20,23)/t13-/m1/s1. The van der Waals surface area contributed by atoms with Gasteiger partial charge >= 0.3 is 0 Å². The van der Waals surface area contributed by atoms with Gasteiger partial charge < -0.3 is 19.0 Å². The number of carbonyl (C=O) groups excluding carboxylic acids is 1. The van der Waals surface area contributed by atoms with Crippen LogP contribution in [0.25, 0.3) is 11.4 Å². The Hall–Kier alpha value is -3.16. The molecule has 8 heteroatoms. The van der Waals surface area contributed by atoms with Gasteiger partial charge in [0.25, 0.3) is 5.91 Å². The Kier molecular flexibility index (Phi) is 3.31. The quantitative estimate of drug-likeness (QED) is 0.770. The second kappa shape index (κ2) is 5.69. The summed E-state index contributed by atoms with van der Waals surface area (Å²) in [5.41, 5.74) is 2.29. The number of benzene rings is 1. The molecule has 1 atom stereocenters. The van der Waals surface area contributed by atoms with Crippen molar-refractivity contribution < 1.29 is 18.5 Å². The van der Waals surface area contributed by atoms with Gasteiger partial charge in [-0.05, 0) is 25.8 Å². The van der Waals surface area contributed by atoms with Gasteiger partial charge in [0.05, 0.1) is 11.7 Å². The number of nitrogens with zero attached hydrogens (tertiary/aromatic N) is 3. The van der Waals surface area contributed by atoms with E-state index in [4.69, 9.17) is 13.7 Å². The predicted octanol–water partition coefficient (Wildman–Crippen LogP) is 2.77. The van der Waals surface area contributed by atoms with Crippen LogP contribution in [0.1, 0.15) is 52.5 Å². The third kappa shape index (κ3) is 2.54. The van der Waals surface area contributed by atoms with Crippen molar-refractivity contribution in [3.05, 3.63) is 47.5 Å². The van der Waals surface area contributed by atoms with Crippen LogP contribution in [0, 0.1) is 6.92 Å². The fourth-order valence-electron chi connectivity index (χ4n) is 3.06. The van der Waals surface area contributed by atoms with Gasteiger partial charge in [0.15, 0.2) is 6.39 Å². The Labute approximate surface area is 148 Å². The van der Waals surface area contributed by atoms with E-state index >= 15 is 0 Å². The summed E-state index contributed by atoms with van der Waals surface area (Å²) in [4.78, 5) is 20.7. The Morgan fingerprint density at radius 3 is 2.96 bits per heavy atom. The van der Waals surface area contributed by atoms with Gasteiger partial charge in [-0.15, -0.1) is 0 Å². The zero-order valence-corrected chi connectivity index (χ0v) is 14.1. The van der Waals surface area contributed by atoms with Crippen molar-refractivity contribution in [2.45, 2.75) is 31.7 Å². The molecular weight excluding hydrogens is 336 g/mol. The van der Waals surface area contributed by atoms with Crippen LogP contribution < -0.4 is 10.1 Å². The Morgan fingerprint density at radius 1 is 1.31 bits per heavy atom. The topological polar surface area (TPSA) is 103 Å². The van der Waals surface area contributed by atoms with Crippen molar-refractivity contribution in [1.82, 2.24) is 20.4 Å². The SMILES string of the molecule is Cc1ncoc1C(=O)N[C@@H]1COc2cc(-c3noc(C4CC4)n3)ccc21. The zero-order valence-electron chi connectivity index (χ0n) is 14.1. The molecule has 0 saturated heterocycles. The second-order valence-electron chi connectivity index (χ2n) is 6.59. The van der Waals surface area contributed by atoms with Crippen LogP contribution in [0.3, 0.4) is 0 Å². The molecule has 5 rings (SSSR count). The number of hydrogen-bond donors (Lipinski definition) is 1.